The highest BCUT2D eigenvalue weighted by Crippen LogP contribution is 2.26. The minimum Gasteiger partial charge on any atom is -0.454 e. The summed E-state index contributed by atoms with van der Waals surface area (Å²) in [6.45, 7) is 3.71. The van der Waals surface area contributed by atoms with Crippen LogP contribution in [-0.4, -0.2) is 0 Å². The van der Waals surface area contributed by atoms with E-state index < -0.39 is 11.6 Å². The molecular formula is C13H9F2O. The predicted molar refractivity (Wildman–Crippen MR) is 57.3 cm³/mol. The van der Waals surface area contributed by atoms with Gasteiger partial charge < -0.3 is 4.74 Å². The quantitative estimate of drug-likeness (QED) is 0.743. The largest absolute Gasteiger partial charge is 0.454 e. The molecule has 2 aromatic carbocycles. The van der Waals surface area contributed by atoms with Gasteiger partial charge in [-0.2, -0.15) is 4.39 Å². The van der Waals surface area contributed by atoms with Crippen LogP contribution < -0.4 is 4.74 Å². The molecule has 0 atom stereocenters. The second-order valence-electron chi connectivity index (χ2n) is 3.30. The van der Waals surface area contributed by atoms with Gasteiger partial charge in [0.15, 0.2) is 11.6 Å². The summed E-state index contributed by atoms with van der Waals surface area (Å²) in [6, 6.07) is 10.6. The maximum absolute atomic E-state index is 13.3. The molecule has 0 saturated heterocycles. The van der Waals surface area contributed by atoms with Gasteiger partial charge in [0.2, 0.25) is 5.82 Å². The maximum atomic E-state index is 13.3. The molecule has 16 heavy (non-hydrogen) atoms. The van der Waals surface area contributed by atoms with Crippen LogP contribution in [0, 0.1) is 18.6 Å². The average molecular weight is 219 g/mol. The van der Waals surface area contributed by atoms with Gasteiger partial charge in [-0.25, -0.2) is 4.39 Å². The molecule has 1 nitrogen and oxygen atoms in total. The van der Waals surface area contributed by atoms with Gasteiger partial charge in [-0.05, 0) is 36.8 Å². The van der Waals surface area contributed by atoms with E-state index in [1.54, 1.807) is 24.3 Å². The topological polar surface area (TPSA) is 9.23 Å². The fourth-order valence-corrected chi connectivity index (χ4v) is 1.30. The van der Waals surface area contributed by atoms with Crippen molar-refractivity contribution in [2.45, 2.75) is 0 Å². The molecule has 0 aromatic heterocycles. The molecule has 1 radical (unpaired) electrons. The summed E-state index contributed by atoms with van der Waals surface area (Å²) in [5, 5.41) is 0. The second kappa shape index (κ2) is 4.31. The highest BCUT2D eigenvalue weighted by atomic mass is 19.2. The molecule has 2 rings (SSSR count). The molecule has 0 N–H and O–H groups in total. The Morgan fingerprint density at radius 1 is 1.00 bits per heavy atom. The zero-order chi connectivity index (χ0) is 11.5. The lowest BCUT2D eigenvalue weighted by Crippen LogP contribution is -1.91. The van der Waals surface area contributed by atoms with Crippen molar-refractivity contribution in [3.63, 3.8) is 0 Å². The lowest BCUT2D eigenvalue weighted by atomic mass is 10.2. The Morgan fingerprint density at radius 2 is 1.75 bits per heavy atom. The van der Waals surface area contributed by atoms with E-state index in [1.807, 2.05) is 0 Å². The summed E-state index contributed by atoms with van der Waals surface area (Å²) in [7, 11) is 0. The van der Waals surface area contributed by atoms with Crippen LogP contribution in [0.1, 0.15) is 5.56 Å². The van der Waals surface area contributed by atoms with Gasteiger partial charge in [-0.1, -0.05) is 18.2 Å². The van der Waals surface area contributed by atoms with E-state index in [1.165, 1.54) is 12.1 Å². The third-order valence-corrected chi connectivity index (χ3v) is 2.04. The van der Waals surface area contributed by atoms with Crippen LogP contribution in [0.15, 0.2) is 42.5 Å². The van der Waals surface area contributed by atoms with Crippen LogP contribution in [0.3, 0.4) is 0 Å². The van der Waals surface area contributed by atoms with Crippen LogP contribution in [-0.2, 0) is 0 Å². The number of hydrogen-bond donors (Lipinski definition) is 0. The molecule has 0 saturated carbocycles. The Balaban J connectivity index is 2.31. The minimum absolute atomic E-state index is 0.134. The molecule has 0 aliphatic heterocycles. The van der Waals surface area contributed by atoms with Crippen molar-refractivity contribution in [3.8, 4) is 11.5 Å². The van der Waals surface area contributed by atoms with Crippen molar-refractivity contribution in [1.29, 1.82) is 0 Å². The van der Waals surface area contributed by atoms with Crippen molar-refractivity contribution in [2.75, 3.05) is 0 Å². The third-order valence-electron chi connectivity index (χ3n) is 2.04. The van der Waals surface area contributed by atoms with Gasteiger partial charge in [-0.15, -0.1) is 0 Å². The minimum atomic E-state index is -0.989. The number of rotatable bonds is 2. The van der Waals surface area contributed by atoms with Crippen molar-refractivity contribution in [1.82, 2.24) is 0 Å². The van der Waals surface area contributed by atoms with Gasteiger partial charge in [0, 0.05) is 0 Å². The van der Waals surface area contributed by atoms with E-state index >= 15 is 0 Å². The summed E-state index contributed by atoms with van der Waals surface area (Å²) < 4.78 is 31.4. The molecule has 2 aromatic rings. The molecule has 0 aliphatic carbocycles. The fraction of sp³-hybridized carbons (Fsp3) is 0. The molecule has 0 amide bonds. The van der Waals surface area contributed by atoms with Gasteiger partial charge in [0.25, 0.3) is 0 Å². The predicted octanol–water partition coefficient (Wildman–Crippen LogP) is 3.94. The van der Waals surface area contributed by atoms with Crippen molar-refractivity contribution in [3.05, 3.63) is 66.6 Å². The number of benzene rings is 2. The Kier molecular flexibility index (Phi) is 2.86. The summed E-state index contributed by atoms with van der Waals surface area (Å²) in [5.41, 5.74) is 0.745. The summed E-state index contributed by atoms with van der Waals surface area (Å²) in [5.74, 6) is -1.62. The standard InChI is InChI=1S/C13H9F2O/c1-9-4-2-5-10(8-9)16-12-7-3-6-11(14)13(12)15/h2-8H,1H2. The van der Waals surface area contributed by atoms with E-state index in [-0.39, 0.29) is 5.75 Å². The highest BCUT2D eigenvalue weighted by Gasteiger charge is 2.09. The Labute approximate surface area is 92.3 Å². The molecule has 3 heteroatoms. The number of hydrogen-bond acceptors (Lipinski definition) is 1. The monoisotopic (exact) mass is 219 g/mol. The van der Waals surface area contributed by atoms with E-state index in [0.717, 1.165) is 11.6 Å². The molecule has 0 aliphatic rings. The van der Waals surface area contributed by atoms with Gasteiger partial charge in [0.05, 0.1) is 0 Å². The molecule has 0 unspecified atom stereocenters. The molecule has 0 spiro atoms. The molecular weight excluding hydrogens is 210 g/mol. The zero-order valence-corrected chi connectivity index (χ0v) is 8.41. The Morgan fingerprint density at radius 3 is 2.50 bits per heavy atom. The van der Waals surface area contributed by atoms with Crippen LogP contribution in [0.25, 0.3) is 0 Å². The second-order valence-corrected chi connectivity index (χ2v) is 3.30. The third kappa shape index (κ3) is 2.19. The van der Waals surface area contributed by atoms with Gasteiger partial charge in [0.1, 0.15) is 5.75 Å². The van der Waals surface area contributed by atoms with E-state index in [2.05, 4.69) is 6.92 Å². The van der Waals surface area contributed by atoms with Crippen LogP contribution >= 0.6 is 0 Å². The fourth-order valence-electron chi connectivity index (χ4n) is 1.30. The Bertz CT molecular complexity index is 509. The first-order chi connectivity index (χ1) is 7.66. The van der Waals surface area contributed by atoms with Gasteiger partial charge in [-0.3, -0.25) is 0 Å². The molecule has 81 valence electrons. The normalized spacial score (nSPS) is 10.2. The lowest BCUT2D eigenvalue weighted by molar-refractivity contribution is 0.416. The summed E-state index contributed by atoms with van der Waals surface area (Å²) >= 11 is 0. The lowest BCUT2D eigenvalue weighted by Gasteiger charge is -2.07. The van der Waals surface area contributed by atoms with E-state index in [0.29, 0.717) is 5.75 Å². The summed E-state index contributed by atoms with van der Waals surface area (Å²) in [4.78, 5) is 0. The first-order valence-electron chi connectivity index (χ1n) is 4.71. The molecule has 0 fully saturated rings. The number of halogens is 2. The molecule has 0 heterocycles. The highest BCUT2D eigenvalue weighted by molar-refractivity contribution is 5.35. The van der Waals surface area contributed by atoms with Crippen molar-refractivity contribution >= 4 is 0 Å². The SMILES string of the molecule is [CH2]c1cccc(Oc2cccc(F)c2F)c1. The zero-order valence-electron chi connectivity index (χ0n) is 8.41. The van der Waals surface area contributed by atoms with E-state index in [9.17, 15) is 8.78 Å². The van der Waals surface area contributed by atoms with Crippen LogP contribution in [0.2, 0.25) is 0 Å². The molecule has 0 bridgehead atoms. The van der Waals surface area contributed by atoms with E-state index in [4.69, 9.17) is 4.74 Å². The van der Waals surface area contributed by atoms with Crippen LogP contribution in [0.5, 0.6) is 11.5 Å². The maximum Gasteiger partial charge on any atom is 0.201 e. The van der Waals surface area contributed by atoms with Crippen molar-refractivity contribution < 1.29 is 13.5 Å². The number of ether oxygens (including phenoxy) is 1. The summed E-state index contributed by atoms with van der Waals surface area (Å²) in [6.07, 6.45) is 0. The smallest absolute Gasteiger partial charge is 0.201 e. The van der Waals surface area contributed by atoms with Crippen LogP contribution in [0.4, 0.5) is 8.78 Å². The first kappa shape index (κ1) is 10.6. The van der Waals surface area contributed by atoms with Crippen molar-refractivity contribution in [2.24, 2.45) is 0 Å². The Hall–Kier alpha value is -1.90. The van der Waals surface area contributed by atoms with Gasteiger partial charge >= 0.3 is 0 Å². The first-order valence-corrected chi connectivity index (χ1v) is 4.71. The average Bonchev–Trinajstić information content (AvgIpc) is 2.25.